The van der Waals surface area contributed by atoms with Crippen LogP contribution in [0.5, 0.6) is 0 Å². The van der Waals surface area contributed by atoms with Crippen molar-refractivity contribution in [3.63, 3.8) is 0 Å². The summed E-state index contributed by atoms with van der Waals surface area (Å²) in [6.07, 6.45) is 8.74. The maximum absolute atomic E-state index is 12.8. The molecule has 3 N–H and O–H groups in total. The molecule has 5 rings (SSSR count). The highest BCUT2D eigenvalue weighted by atomic mass is 16.3. The van der Waals surface area contributed by atoms with Crippen LogP contribution in [0, 0.1) is 51.2 Å². The van der Waals surface area contributed by atoms with E-state index in [1.165, 1.54) is 0 Å². The van der Waals surface area contributed by atoms with Gasteiger partial charge in [-0.25, -0.2) is 0 Å². The van der Waals surface area contributed by atoms with Gasteiger partial charge in [0.25, 0.3) is 0 Å². The molecule has 192 valence electrons. The highest BCUT2D eigenvalue weighted by molar-refractivity contribution is 5.85. The molecule has 0 aromatic heterocycles. The Hall–Kier alpha value is -0.710. The molecule has 0 spiro atoms. The summed E-state index contributed by atoms with van der Waals surface area (Å²) < 4.78 is 0. The first-order valence-corrected chi connectivity index (χ1v) is 13.9. The first-order chi connectivity index (χ1) is 15.6. The van der Waals surface area contributed by atoms with E-state index < -0.39 is 17.8 Å². The predicted octanol–water partition coefficient (Wildman–Crippen LogP) is 5.29. The highest BCUT2D eigenvalue weighted by Crippen LogP contribution is 2.73. The number of aliphatic hydroxyl groups excluding tert-OH is 2. The second-order valence-electron chi connectivity index (χ2n) is 14.7. The Morgan fingerprint density at radius 2 is 1.68 bits per heavy atom. The van der Waals surface area contributed by atoms with E-state index in [4.69, 9.17) is 0 Å². The summed E-state index contributed by atoms with van der Waals surface area (Å²) in [6.45, 7) is 15.2. The third-order valence-corrected chi connectivity index (χ3v) is 12.7. The van der Waals surface area contributed by atoms with Crippen LogP contribution in [0.2, 0.25) is 0 Å². The smallest absolute Gasteiger partial charge is 0.138 e. The van der Waals surface area contributed by atoms with Gasteiger partial charge in [-0.15, -0.1) is 0 Å². The van der Waals surface area contributed by atoms with Gasteiger partial charge < -0.3 is 15.3 Å². The maximum Gasteiger partial charge on any atom is 0.138 e. The second kappa shape index (κ2) is 7.42. The molecule has 0 radical (unpaired) electrons. The minimum absolute atomic E-state index is 0.0357. The number of aliphatic hydroxyl groups is 3. The van der Waals surface area contributed by atoms with Crippen LogP contribution in [0.4, 0.5) is 0 Å². The molecule has 5 aliphatic rings. The highest BCUT2D eigenvalue weighted by Gasteiger charge is 2.68. The molecule has 10 atom stereocenters. The molecule has 0 aromatic rings. The number of carbonyl (C=O) groups is 1. The molecule has 0 aliphatic heterocycles. The molecule has 0 bridgehead atoms. The van der Waals surface area contributed by atoms with Crippen LogP contribution in [0.25, 0.3) is 0 Å². The van der Waals surface area contributed by atoms with Gasteiger partial charge >= 0.3 is 0 Å². The van der Waals surface area contributed by atoms with Crippen LogP contribution in [-0.4, -0.2) is 38.9 Å². The lowest BCUT2D eigenvalue weighted by Gasteiger charge is -2.63. The minimum atomic E-state index is -0.902. The van der Waals surface area contributed by atoms with Crippen molar-refractivity contribution in [3.05, 3.63) is 11.6 Å². The fourth-order valence-electron chi connectivity index (χ4n) is 10.6. The van der Waals surface area contributed by atoms with Gasteiger partial charge in [0.1, 0.15) is 5.78 Å². The van der Waals surface area contributed by atoms with Crippen molar-refractivity contribution in [2.45, 2.75) is 118 Å². The predicted molar refractivity (Wildman–Crippen MR) is 134 cm³/mol. The van der Waals surface area contributed by atoms with E-state index in [-0.39, 0.29) is 39.4 Å². The number of carbonyl (C=O) groups excluding carboxylic acids is 1. The first-order valence-electron chi connectivity index (χ1n) is 13.9. The zero-order valence-corrected chi connectivity index (χ0v) is 22.5. The van der Waals surface area contributed by atoms with E-state index >= 15 is 0 Å². The molecule has 0 unspecified atom stereocenters. The molecule has 5 aliphatic carbocycles. The Balaban J connectivity index is 1.51. The number of allylic oxidation sites excluding steroid dienone is 2. The molecular weight excluding hydrogens is 424 g/mol. The normalized spacial score (nSPS) is 52.6. The standard InChI is InChI=1S/C30H48O4/c1-26(2)22-11-10-19-18(28(22,5)14-13-23(26)32)12-15-29(6)24(21(31)16-30(19,29)7)17-8-9-20(25(17)33)27(3,4)34/h10,17-18,20-22,24-25,31,33-34H,8-9,11-16H2,1-7H3/t17-,18-,20+,21-,22-,24+,25+,28+,29-,30+/m0/s1. The Bertz CT molecular complexity index is 898. The zero-order valence-electron chi connectivity index (χ0n) is 22.5. The summed E-state index contributed by atoms with van der Waals surface area (Å²) >= 11 is 0. The summed E-state index contributed by atoms with van der Waals surface area (Å²) in [4.78, 5) is 12.8. The molecule has 4 nitrogen and oxygen atoms in total. The summed E-state index contributed by atoms with van der Waals surface area (Å²) in [5.74, 6) is 1.23. The van der Waals surface area contributed by atoms with Gasteiger partial charge in [0, 0.05) is 17.8 Å². The van der Waals surface area contributed by atoms with E-state index in [0.717, 1.165) is 44.9 Å². The van der Waals surface area contributed by atoms with Gasteiger partial charge in [-0.2, -0.15) is 0 Å². The Labute approximate surface area is 206 Å². The van der Waals surface area contributed by atoms with E-state index in [9.17, 15) is 20.1 Å². The van der Waals surface area contributed by atoms with E-state index in [1.807, 2.05) is 13.8 Å². The minimum Gasteiger partial charge on any atom is -0.393 e. The number of Topliss-reactive ketones (excluding diaryl/α,β-unsaturated/α-hetero) is 1. The number of fused-ring (bicyclic) bond motifs is 5. The summed E-state index contributed by atoms with van der Waals surface area (Å²) in [7, 11) is 0. The van der Waals surface area contributed by atoms with E-state index in [1.54, 1.807) is 5.57 Å². The van der Waals surface area contributed by atoms with Crippen LogP contribution >= 0.6 is 0 Å². The largest absolute Gasteiger partial charge is 0.393 e. The number of ketones is 1. The van der Waals surface area contributed by atoms with Gasteiger partial charge in [-0.05, 0) is 98.7 Å². The molecule has 4 saturated carbocycles. The van der Waals surface area contributed by atoms with Crippen molar-refractivity contribution >= 4 is 5.78 Å². The van der Waals surface area contributed by atoms with Crippen LogP contribution < -0.4 is 0 Å². The molecule has 4 heteroatoms. The van der Waals surface area contributed by atoms with Crippen molar-refractivity contribution in [1.29, 1.82) is 0 Å². The lowest BCUT2D eigenvalue weighted by atomic mass is 9.41. The lowest BCUT2D eigenvalue weighted by Crippen LogP contribution is -2.57. The van der Waals surface area contributed by atoms with Gasteiger partial charge in [0.15, 0.2) is 0 Å². The number of rotatable bonds is 2. The fraction of sp³-hybridized carbons (Fsp3) is 0.900. The van der Waals surface area contributed by atoms with Gasteiger partial charge in [-0.3, -0.25) is 4.79 Å². The maximum atomic E-state index is 12.8. The first kappa shape index (κ1) is 25.0. The van der Waals surface area contributed by atoms with Gasteiger partial charge in [0.05, 0.1) is 17.8 Å². The molecule has 0 saturated heterocycles. The third-order valence-electron chi connectivity index (χ3n) is 12.7. The Morgan fingerprint density at radius 1 is 1.00 bits per heavy atom. The zero-order chi connectivity index (χ0) is 25.1. The second-order valence-corrected chi connectivity index (χ2v) is 14.7. The fourth-order valence-corrected chi connectivity index (χ4v) is 10.6. The van der Waals surface area contributed by atoms with Crippen molar-refractivity contribution in [2.24, 2.45) is 51.2 Å². The summed E-state index contributed by atoms with van der Waals surface area (Å²) in [5, 5.41) is 33.6. The summed E-state index contributed by atoms with van der Waals surface area (Å²) in [5.41, 5.74) is 0.338. The van der Waals surface area contributed by atoms with Crippen LogP contribution in [0.3, 0.4) is 0 Å². The number of hydrogen-bond acceptors (Lipinski definition) is 4. The summed E-state index contributed by atoms with van der Waals surface area (Å²) in [6, 6.07) is 0. The van der Waals surface area contributed by atoms with E-state index in [2.05, 4.69) is 40.7 Å². The molecular formula is C30H48O4. The molecule has 0 heterocycles. The molecule has 4 fully saturated rings. The molecule has 0 aromatic carbocycles. The SMILES string of the molecule is CC(C)(O)[C@@H]1CC[C@@H]([C@@H]2[C@@H](O)C[C@]3(C)C4=CC[C@H]5C(C)(C)C(=O)CC[C@]5(C)[C@H]4CC[C@@]23C)[C@H]1O. The van der Waals surface area contributed by atoms with Crippen LogP contribution in [-0.2, 0) is 4.79 Å². The van der Waals surface area contributed by atoms with Crippen molar-refractivity contribution in [2.75, 3.05) is 0 Å². The lowest BCUT2D eigenvalue weighted by molar-refractivity contribution is -0.146. The van der Waals surface area contributed by atoms with Crippen LogP contribution in [0.15, 0.2) is 11.6 Å². The Morgan fingerprint density at radius 3 is 2.29 bits per heavy atom. The Kier molecular flexibility index (Phi) is 5.44. The average molecular weight is 473 g/mol. The van der Waals surface area contributed by atoms with E-state index in [0.29, 0.717) is 24.0 Å². The average Bonchev–Trinajstić information content (AvgIpc) is 3.19. The van der Waals surface area contributed by atoms with Crippen molar-refractivity contribution < 1.29 is 20.1 Å². The number of hydrogen-bond donors (Lipinski definition) is 3. The van der Waals surface area contributed by atoms with Crippen LogP contribution in [0.1, 0.15) is 99.8 Å². The van der Waals surface area contributed by atoms with Gasteiger partial charge in [0.2, 0.25) is 0 Å². The molecule has 34 heavy (non-hydrogen) atoms. The topological polar surface area (TPSA) is 77.8 Å². The third kappa shape index (κ3) is 3.03. The monoisotopic (exact) mass is 472 g/mol. The molecule has 0 amide bonds. The van der Waals surface area contributed by atoms with Gasteiger partial charge in [-0.1, -0.05) is 46.3 Å². The van der Waals surface area contributed by atoms with Crippen molar-refractivity contribution in [1.82, 2.24) is 0 Å². The quantitative estimate of drug-likeness (QED) is 0.477. The van der Waals surface area contributed by atoms with Crippen molar-refractivity contribution in [3.8, 4) is 0 Å².